The fourth-order valence-electron chi connectivity index (χ4n) is 5.57. The van der Waals surface area contributed by atoms with Crippen LogP contribution in [0.15, 0.2) is 0 Å². The van der Waals surface area contributed by atoms with Gasteiger partial charge in [0, 0.05) is 19.1 Å². The maximum absolute atomic E-state index is 10.1. The smallest absolute Gasteiger partial charge is 0.0950 e. The highest BCUT2D eigenvalue weighted by atomic mass is 16.5. The van der Waals surface area contributed by atoms with Gasteiger partial charge in [0.05, 0.1) is 25.4 Å². The van der Waals surface area contributed by atoms with E-state index in [1.165, 1.54) is 71.1 Å². The van der Waals surface area contributed by atoms with Crippen LogP contribution >= 0.6 is 0 Å². The Kier molecular flexibility index (Phi) is 5.44. The summed E-state index contributed by atoms with van der Waals surface area (Å²) in [4.78, 5) is 5.24. The average Bonchev–Trinajstić information content (AvgIpc) is 2.89. The van der Waals surface area contributed by atoms with Crippen molar-refractivity contribution in [2.45, 2.75) is 63.1 Å². The Bertz CT molecular complexity index is 403. The first kappa shape index (κ1) is 17.2. The molecule has 0 bridgehead atoms. The number of aliphatic hydroxyl groups excluding tert-OH is 1. The molecular weight excluding hydrogens is 302 g/mol. The topological polar surface area (TPSA) is 48.0 Å². The number of piperidine rings is 1. The number of nitrogens with one attached hydrogen (secondary N) is 1. The van der Waals surface area contributed by atoms with Gasteiger partial charge >= 0.3 is 0 Å². The molecule has 1 aliphatic carbocycles. The molecule has 2 atom stereocenters. The Balaban J connectivity index is 1.28. The van der Waals surface area contributed by atoms with E-state index in [2.05, 4.69) is 15.1 Å². The molecule has 4 aliphatic rings. The molecule has 2 N–H and O–H groups in total. The van der Waals surface area contributed by atoms with Crippen molar-refractivity contribution in [3.8, 4) is 0 Å². The van der Waals surface area contributed by atoms with Gasteiger partial charge in [-0.1, -0.05) is 0 Å². The number of ether oxygens (including phenoxy) is 1. The first-order chi connectivity index (χ1) is 11.8. The first-order valence-corrected chi connectivity index (χ1v) is 10.2. The van der Waals surface area contributed by atoms with Crippen molar-refractivity contribution in [1.29, 1.82) is 0 Å². The molecule has 3 aliphatic heterocycles. The summed E-state index contributed by atoms with van der Waals surface area (Å²) in [5, 5.41) is 13.6. The number of aliphatic hydroxyl groups is 1. The Morgan fingerprint density at radius 3 is 2.29 bits per heavy atom. The zero-order chi connectivity index (χ0) is 16.4. The van der Waals surface area contributed by atoms with Crippen molar-refractivity contribution in [3.63, 3.8) is 0 Å². The minimum atomic E-state index is -0.286. The highest BCUT2D eigenvalue weighted by Gasteiger charge is 2.38. The molecule has 0 aromatic carbocycles. The molecule has 3 heterocycles. The second-order valence-electron chi connectivity index (χ2n) is 8.58. The maximum atomic E-state index is 10.1. The largest absolute Gasteiger partial charge is 0.389 e. The highest BCUT2D eigenvalue weighted by molar-refractivity contribution is 4.93. The summed E-state index contributed by atoms with van der Waals surface area (Å²) in [6, 6.07) is 1.03. The van der Waals surface area contributed by atoms with Crippen LogP contribution in [0.5, 0.6) is 0 Å². The lowest BCUT2D eigenvalue weighted by atomic mass is 9.67. The summed E-state index contributed by atoms with van der Waals surface area (Å²) >= 11 is 0. The molecule has 5 heteroatoms. The van der Waals surface area contributed by atoms with Crippen molar-refractivity contribution in [2.75, 3.05) is 52.5 Å². The SMILES string of the molecule is OC1COCC1N1CCCN(C2CCC3(CCNCC3)CC2)CC1. The van der Waals surface area contributed by atoms with E-state index in [0.29, 0.717) is 18.6 Å². The molecule has 4 fully saturated rings. The Hall–Kier alpha value is -0.200. The van der Waals surface area contributed by atoms with E-state index in [9.17, 15) is 5.11 Å². The van der Waals surface area contributed by atoms with Gasteiger partial charge in [0.25, 0.3) is 0 Å². The van der Waals surface area contributed by atoms with Crippen LogP contribution in [-0.2, 0) is 4.74 Å². The fourth-order valence-corrected chi connectivity index (χ4v) is 5.57. The Morgan fingerprint density at radius 1 is 0.875 bits per heavy atom. The van der Waals surface area contributed by atoms with Gasteiger partial charge in [-0.25, -0.2) is 0 Å². The summed E-state index contributed by atoms with van der Waals surface area (Å²) in [7, 11) is 0. The van der Waals surface area contributed by atoms with Crippen molar-refractivity contribution in [3.05, 3.63) is 0 Å². The van der Waals surface area contributed by atoms with Crippen LogP contribution in [0.25, 0.3) is 0 Å². The molecule has 138 valence electrons. The van der Waals surface area contributed by atoms with Gasteiger partial charge in [0.1, 0.15) is 0 Å². The van der Waals surface area contributed by atoms with Crippen molar-refractivity contribution >= 4 is 0 Å². The minimum Gasteiger partial charge on any atom is -0.389 e. The van der Waals surface area contributed by atoms with E-state index in [4.69, 9.17) is 4.74 Å². The summed E-state index contributed by atoms with van der Waals surface area (Å²) in [6.45, 7) is 8.30. The summed E-state index contributed by atoms with van der Waals surface area (Å²) in [5.74, 6) is 0. The quantitative estimate of drug-likeness (QED) is 0.789. The van der Waals surface area contributed by atoms with E-state index < -0.39 is 0 Å². The van der Waals surface area contributed by atoms with Gasteiger partial charge in [-0.3, -0.25) is 9.80 Å². The number of hydrogen-bond acceptors (Lipinski definition) is 5. The summed E-state index contributed by atoms with van der Waals surface area (Å²) < 4.78 is 5.46. The lowest BCUT2D eigenvalue weighted by molar-refractivity contribution is 0.0610. The van der Waals surface area contributed by atoms with Crippen LogP contribution in [0.3, 0.4) is 0 Å². The minimum absolute atomic E-state index is 0.231. The standard InChI is InChI=1S/C19H35N3O2/c23-18-15-24-14-17(18)22-11-1-10-21(12-13-22)16-2-4-19(5-3-16)6-8-20-9-7-19/h16-18,20,23H,1-15H2. The van der Waals surface area contributed by atoms with Crippen LogP contribution in [-0.4, -0.2) is 85.6 Å². The zero-order valence-corrected chi connectivity index (χ0v) is 15.1. The number of nitrogens with zero attached hydrogens (tertiary/aromatic N) is 2. The van der Waals surface area contributed by atoms with Crippen LogP contribution in [0.4, 0.5) is 0 Å². The van der Waals surface area contributed by atoms with E-state index in [-0.39, 0.29) is 12.1 Å². The van der Waals surface area contributed by atoms with Gasteiger partial charge in [-0.05, 0) is 76.5 Å². The average molecular weight is 338 g/mol. The molecule has 1 spiro atoms. The van der Waals surface area contributed by atoms with Crippen LogP contribution < -0.4 is 5.32 Å². The predicted octanol–water partition coefficient (Wildman–Crippen LogP) is 1.07. The molecular formula is C19H35N3O2. The summed E-state index contributed by atoms with van der Waals surface area (Å²) in [5.41, 5.74) is 0.672. The first-order valence-electron chi connectivity index (χ1n) is 10.2. The second-order valence-corrected chi connectivity index (χ2v) is 8.58. The molecule has 24 heavy (non-hydrogen) atoms. The van der Waals surface area contributed by atoms with Crippen LogP contribution in [0, 0.1) is 5.41 Å². The molecule has 0 radical (unpaired) electrons. The normalized spacial score (nSPS) is 36.9. The molecule has 4 rings (SSSR count). The molecule has 0 aromatic heterocycles. The summed E-state index contributed by atoms with van der Waals surface area (Å²) in [6.07, 6.45) is 9.41. The molecule has 0 aromatic rings. The lowest BCUT2D eigenvalue weighted by Gasteiger charge is -2.45. The van der Waals surface area contributed by atoms with Crippen molar-refractivity contribution < 1.29 is 9.84 Å². The number of rotatable bonds is 2. The Labute approximate surface area is 146 Å². The highest BCUT2D eigenvalue weighted by Crippen LogP contribution is 2.44. The Morgan fingerprint density at radius 2 is 1.58 bits per heavy atom. The van der Waals surface area contributed by atoms with Gasteiger partial charge in [0.2, 0.25) is 0 Å². The van der Waals surface area contributed by atoms with Crippen LogP contribution in [0.2, 0.25) is 0 Å². The number of hydrogen-bond donors (Lipinski definition) is 2. The third kappa shape index (κ3) is 3.65. The second kappa shape index (κ2) is 7.58. The van der Waals surface area contributed by atoms with Crippen LogP contribution in [0.1, 0.15) is 44.9 Å². The predicted molar refractivity (Wildman–Crippen MR) is 95.2 cm³/mol. The third-order valence-corrected chi connectivity index (χ3v) is 7.25. The van der Waals surface area contributed by atoms with Gasteiger partial charge in [-0.15, -0.1) is 0 Å². The van der Waals surface area contributed by atoms with Gasteiger partial charge in [-0.2, -0.15) is 0 Å². The monoisotopic (exact) mass is 337 g/mol. The molecule has 1 saturated carbocycles. The third-order valence-electron chi connectivity index (χ3n) is 7.25. The van der Waals surface area contributed by atoms with Crippen molar-refractivity contribution in [1.82, 2.24) is 15.1 Å². The maximum Gasteiger partial charge on any atom is 0.0950 e. The molecule has 3 saturated heterocycles. The fraction of sp³-hybridized carbons (Fsp3) is 1.00. The van der Waals surface area contributed by atoms with E-state index >= 15 is 0 Å². The van der Waals surface area contributed by atoms with Gasteiger partial charge < -0.3 is 15.2 Å². The molecule has 2 unspecified atom stereocenters. The lowest BCUT2D eigenvalue weighted by Crippen LogP contribution is -2.47. The molecule has 0 amide bonds. The molecule has 5 nitrogen and oxygen atoms in total. The zero-order valence-electron chi connectivity index (χ0n) is 15.1. The van der Waals surface area contributed by atoms with E-state index in [0.717, 1.165) is 19.1 Å². The van der Waals surface area contributed by atoms with Gasteiger partial charge in [0.15, 0.2) is 0 Å². The van der Waals surface area contributed by atoms with E-state index in [1.807, 2.05) is 0 Å². The van der Waals surface area contributed by atoms with Crippen molar-refractivity contribution in [2.24, 2.45) is 5.41 Å². The van der Waals surface area contributed by atoms with E-state index in [1.54, 1.807) is 0 Å².